The molecule has 0 fully saturated rings. The van der Waals surface area contributed by atoms with E-state index in [1.165, 1.54) is 45.4 Å². The molecule has 0 aromatic heterocycles. The number of amides is 1. The molecular formula is C10H25N3O. The molecule has 0 aliphatic carbocycles. The summed E-state index contributed by atoms with van der Waals surface area (Å²) < 4.78 is 0. The van der Waals surface area contributed by atoms with Crippen molar-refractivity contribution in [2.45, 2.75) is 45.4 Å². The van der Waals surface area contributed by atoms with Gasteiger partial charge in [-0.15, -0.1) is 0 Å². The van der Waals surface area contributed by atoms with Gasteiger partial charge in [0.2, 0.25) is 5.91 Å². The monoisotopic (exact) mass is 203 g/mol. The third-order valence-electron chi connectivity index (χ3n) is 1.66. The zero-order chi connectivity index (χ0) is 11.2. The minimum absolute atomic E-state index is 0.333. The van der Waals surface area contributed by atoms with E-state index in [1.807, 2.05) is 0 Å². The predicted molar refractivity (Wildman–Crippen MR) is 60.7 cm³/mol. The fourth-order valence-electron chi connectivity index (χ4n) is 0.996. The van der Waals surface area contributed by atoms with Crippen molar-refractivity contribution in [3.05, 3.63) is 0 Å². The molecule has 0 spiro atoms. The summed E-state index contributed by atoms with van der Waals surface area (Å²) in [5.74, 6) is -0.333. The second-order valence-corrected chi connectivity index (χ2v) is 3.31. The van der Waals surface area contributed by atoms with E-state index in [9.17, 15) is 4.79 Å². The van der Waals surface area contributed by atoms with Gasteiger partial charge < -0.3 is 17.2 Å². The molecule has 0 aliphatic heterocycles. The van der Waals surface area contributed by atoms with Gasteiger partial charge in [0.25, 0.3) is 0 Å². The van der Waals surface area contributed by atoms with E-state index in [0.29, 0.717) is 0 Å². The number of hydrogen-bond acceptors (Lipinski definition) is 3. The molecule has 0 bridgehead atoms. The molecule has 0 heterocycles. The first-order valence-corrected chi connectivity index (χ1v) is 5.31. The third kappa shape index (κ3) is 30.1. The fourth-order valence-corrected chi connectivity index (χ4v) is 0.996. The van der Waals surface area contributed by atoms with Gasteiger partial charge in [0.1, 0.15) is 0 Å². The molecule has 86 valence electrons. The standard InChI is InChI=1S/C8H20N2.C2H5NO/c9-7-5-3-1-2-4-6-8-10;1-2(3)4/h1-10H2;1H3,(H2,3,4). The van der Waals surface area contributed by atoms with E-state index in [1.54, 1.807) is 0 Å². The zero-order valence-corrected chi connectivity index (χ0v) is 9.30. The highest BCUT2D eigenvalue weighted by atomic mass is 16.1. The first kappa shape index (κ1) is 15.8. The summed E-state index contributed by atoms with van der Waals surface area (Å²) in [7, 11) is 0. The van der Waals surface area contributed by atoms with Crippen LogP contribution in [0.3, 0.4) is 0 Å². The van der Waals surface area contributed by atoms with Crippen molar-refractivity contribution in [2.24, 2.45) is 17.2 Å². The van der Waals surface area contributed by atoms with E-state index in [-0.39, 0.29) is 5.91 Å². The van der Waals surface area contributed by atoms with E-state index >= 15 is 0 Å². The molecule has 14 heavy (non-hydrogen) atoms. The summed E-state index contributed by atoms with van der Waals surface area (Å²) in [5.41, 5.74) is 15.2. The number of rotatable bonds is 7. The van der Waals surface area contributed by atoms with Gasteiger partial charge >= 0.3 is 0 Å². The van der Waals surface area contributed by atoms with Crippen molar-refractivity contribution < 1.29 is 4.79 Å². The minimum atomic E-state index is -0.333. The molecule has 0 aliphatic rings. The zero-order valence-electron chi connectivity index (χ0n) is 9.30. The van der Waals surface area contributed by atoms with Crippen LogP contribution in [0.4, 0.5) is 0 Å². The van der Waals surface area contributed by atoms with Crippen LogP contribution in [0.5, 0.6) is 0 Å². The van der Waals surface area contributed by atoms with Gasteiger partial charge in [0.15, 0.2) is 0 Å². The molecule has 0 unspecified atom stereocenters. The number of nitrogens with two attached hydrogens (primary N) is 3. The molecular weight excluding hydrogens is 178 g/mol. The maximum Gasteiger partial charge on any atom is 0.214 e. The Hall–Kier alpha value is -0.610. The van der Waals surface area contributed by atoms with Crippen LogP contribution in [0.2, 0.25) is 0 Å². The smallest absolute Gasteiger partial charge is 0.214 e. The van der Waals surface area contributed by atoms with Crippen LogP contribution in [-0.4, -0.2) is 19.0 Å². The summed E-state index contributed by atoms with van der Waals surface area (Å²) in [6.45, 7) is 2.99. The van der Waals surface area contributed by atoms with Crippen molar-refractivity contribution in [2.75, 3.05) is 13.1 Å². The van der Waals surface area contributed by atoms with Crippen molar-refractivity contribution in [3.8, 4) is 0 Å². The second kappa shape index (κ2) is 14.9. The lowest BCUT2D eigenvalue weighted by molar-refractivity contribution is -0.115. The van der Waals surface area contributed by atoms with E-state index in [0.717, 1.165) is 13.1 Å². The maximum absolute atomic E-state index is 9.22. The summed E-state index contributed by atoms with van der Waals surface area (Å²) in [6.07, 6.45) is 7.61. The highest BCUT2D eigenvalue weighted by Gasteiger charge is 1.87. The Morgan fingerprint density at radius 2 is 1.07 bits per heavy atom. The highest BCUT2D eigenvalue weighted by molar-refractivity contribution is 5.70. The molecule has 6 N–H and O–H groups in total. The van der Waals surface area contributed by atoms with Crippen LogP contribution >= 0.6 is 0 Å². The van der Waals surface area contributed by atoms with Gasteiger partial charge in [-0.05, 0) is 25.9 Å². The summed E-state index contributed by atoms with van der Waals surface area (Å²) in [4.78, 5) is 9.22. The number of unbranched alkanes of at least 4 members (excludes halogenated alkanes) is 5. The molecule has 0 aromatic carbocycles. The van der Waals surface area contributed by atoms with Gasteiger partial charge in [-0.2, -0.15) is 0 Å². The lowest BCUT2D eigenvalue weighted by atomic mass is 10.1. The van der Waals surface area contributed by atoms with E-state index in [4.69, 9.17) is 11.5 Å². The first-order chi connectivity index (χ1) is 6.65. The van der Waals surface area contributed by atoms with Crippen LogP contribution in [0, 0.1) is 0 Å². The van der Waals surface area contributed by atoms with Crippen LogP contribution in [0.25, 0.3) is 0 Å². The number of carbonyl (C=O) groups excluding carboxylic acids is 1. The van der Waals surface area contributed by atoms with Crippen molar-refractivity contribution in [3.63, 3.8) is 0 Å². The Balaban J connectivity index is 0. The summed E-state index contributed by atoms with van der Waals surface area (Å²) >= 11 is 0. The van der Waals surface area contributed by atoms with Crippen molar-refractivity contribution >= 4 is 5.91 Å². The minimum Gasteiger partial charge on any atom is -0.370 e. The lowest BCUT2D eigenvalue weighted by Crippen LogP contribution is -2.01. The molecule has 0 atom stereocenters. The highest BCUT2D eigenvalue weighted by Crippen LogP contribution is 2.03. The van der Waals surface area contributed by atoms with Crippen LogP contribution in [0.15, 0.2) is 0 Å². The van der Waals surface area contributed by atoms with Gasteiger partial charge in [-0.25, -0.2) is 0 Å². The molecule has 4 heteroatoms. The van der Waals surface area contributed by atoms with Crippen molar-refractivity contribution in [1.82, 2.24) is 0 Å². The van der Waals surface area contributed by atoms with Crippen LogP contribution in [-0.2, 0) is 4.79 Å². The average Bonchev–Trinajstić information content (AvgIpc) is 2.10. The molecule has 4 nitrogen and oxygen atoms in total. The van der Waals surface area contributed by atoms with Gasteiger partial charge in [-0.3, -0.25) is 4.79 Å². The Labute approximate surface area is 87.2 Å². The quantitative estimate of drug-likeness (QED) is 0.532. The fraction of sp³-hybridized carbons (Fsp3) is 0.900. The van der Waals surface area contributed by atoms with Crippen LogP contribution in [0.1, 0.15) is 45.4 Å². The van der Waals surface area contributed by atoms with Gasteiger partial charge in [0, 0.05) is 6.92 Å². The largest absolute Gasteiger partial charge is 0.370 e. The molecule has 0 aromatic rings. The normalized spacial score (nSPS) is 9.07. The SMILES string of the molecule is CC(N)=O.NCCCCCCCCN. The Kier molecular flexibility index (Phi) is 16.9. The van der Waals surface area contributed by atoms with Gasteiger partial charge in [0.05, 0.1) is 0 Å². The third-order valence-corrected chi connectivity index (χ3v) is 1.66. The Bertz CT molecular complexity index is 106. The van der Waals surface area contributed by atoms with Crippen LogP contribution < -0.4 is 17.2 Å². The topological polar surface area (TPSA) is 95.1 Å². The number of hydrogen-bond donors (Lipinski definition) is 3. The molecule has 0 radical (unpaired) electrons. The molecule has 0 saturated carbocycles. The maximum atomic E-state index is 9.22. The predicted octanol–water partition coefficient (Wildman–Crippen LogP) is 0.736. The molecule has 0 rings (SSSR count). The number of carbonyl (C=O) groups is 1. The second-order valence-electron chi connectivity index (χ2n) is 3.31. The average molecular weight is 203 g/mol. The van der Waals surface area contributed by atoms with Crippen molar-refractivity contribution in [1.29, 1.82) is 0 Å². The van der Waals surface area contributed by atoms with Gasteiger partial charge in [-0.1, -0.05) is 25.7 Å². The molecule has 0 saturated heterocycles. The Morgan fingerprint density at radius 3 is 1.29 bits per heavy atom. The first-order valence-electron chi connectivity index (χ1n) is 5.31. The Morgan fingerprint density at radius 1 is 0.857 bits per heavy atom. The molecule has 1 amide bonds. The summed E-state index contributed by atoms with van der Waals surface area (Å²) in [5, 5.41) is 0. The number of primary amides is 1. The lowest BCUT2D eigenvalue weighted by Gasteiger charge is -1.97. The summed E-state index contributed by atoms with van der Waals surface area (Å²) in [6, 6.07) is 0. The van der Waals surface area contributed by atoms with E-state index < -0.39 is 0 Å². The van der Waals surface area contributed by atoms with E-state index in [2.05, 4.69) is 5.73 Å².